The summed E-state index contributed by atoms with van der Waals surface area (Å²) in [6, 6.07) is 15.8. The molecule has 0 saturated heterocycles. The Labute approximate surface area is 238 Å². The SMILES string of the molecule is COc1ccc(CNc2nc3c(OC)cccc3c3nc(C4CC(c5ccc(C(C)(C)N)cn5)C4)nn23)c(OC)c1. The minimum atomic E-state index is -0.405. The Bertz CT molecular complexity index is 1700. The van der Waals surface area contributed by atoms with E-state index >= 15 is 0 Å². The lowest BCUT2D eigenvalue weighted by molar-refractivity contribution is 0.332. The number of para-hydroxylation sites is 1. The van der Waals surface area contributed by atoms with E-state index in [0.29, 0.717) is 24.2 Å². The van der Waals surface area contributed by atoms with Crippen LogP contribution in [0.25, 0.3) is 16.6 Å². The third-order valence-corrected chi connectivity index (χ3v) is 7.88. The third-order valence-electron chi connectivity index (χ3n) is 7.88. The molecule has 212 valence electrons. The summed E-state index contributed by atoms with van der Waals surface area (Å²) < 4.78 is 18.4. The molecule has 3 heterocycles. The lowest BCUT2D eigenvalue weighted by Crippen LogP contribution is -2.29. The van der Waals surface area contributed by atoms with E-state index in [0.717, 1.165) is 63.5 Å². The van der Waals surface area contributed by atoms with Crippen LogP contribution in [0.1, 0.15) is 61.2 Å². The first kappa shape index (κ1) is 26.8. The summed E-state index contributed by atoms with van der Waals surface area (Å²) >= 11 is 0. The second-order valence-corrected chi connectivity index (χ2v) is 11.1. The van der Waals surface area contributed by atoms with Crippen LogP contribution in [0.15, 0.2) is 54.7 Å². The Hall–Kier alpha value is -4.44. The Morgan fingerprint density at radius 2 is 1.76 bits per heavy atom. The predicted molar refractivity (Wildman–Crippen MR) is 158 cm³/mol. The quantitative estimate of drug-likeness (QED) is 0.255. The molecule has 1 aliphatic rings. The maximum absolute atomic E-state index is 6.23. The molecule has 3 N–H and O–H groups in total. The van der Waals surface area contributed by atoms with E-state index in [1.807, 2.05) is 56.4 Å². The fourth-order valence-electron chi connectivity index (χ4n) is 5.34. The molecular weight excluding hydrogens is 518 g/mol. The van der Waals surface area contributed by atoms with Gasteiger partial charge in [-0.2, -0.15) is 4.52 Å². The van der Waals surface area contributed by atoms with Crippen molar-refractivity contribution in [2.75, 3.05) is 26.6 Å². The predicted octanol–water partition coefficient (Wildman–Crippen LogP) is 5.17. The van der Waals surface area contributed by atoms with Crippen molar-refractivity contribution in [2.45, 2.75) is 50.6 Å². The molecule has 0 unspecified atom stereocenters. The molecule has 0 bridgehead atoms. The molecule has 0 atom stereocenters. The number of anilines is 1. The topological polar surface area (TPSA) is 122 Å². The number of rotatable bonds is 9. The highest BCUT2D eigenvalue weighted by atomic mass is 16.5. The van der Waals surface area contributed by atoms with Crippen LogP contribution in [-0.4, -0.2) is 45.9 Å². The van der Waals surface area contributed by atoms with Crippen molar-refractivity contribution in [1.29, 1.82) is 0 Å². The van der Waals surface area contributed by atoms with Crippen molar-refractivity contribution in [3.8, 4) is 17.2 Å². The minimum Gasteiger partial charge on any atom is -0.497 e. The Balaban J connectivity index is 1.30. The highest BCUT2D eigenvalue weighted by Crippen LogP contribution is 2.46. The zero-order valence-electron chi connectivity index (χ0n) is 24.0. The number of benzene rings is 2. The summed E-state index contributed by atoms with van der Waals surface area (Å²) in [6.07, 6.45) is 3.78. The van der Waals surface area contributed by atoms with Gasteiger partial charge in [-0.25, -0.2) is 9.97 Å². The van der Waals surface area contributed by atoms with Gasteiger partial charge in [-0.15, -0.1) is 5.10 Å². The van der Waals surface area contributed by atoms with E-state index in [4.69, 9.17) is 40.0 Å². The molecule has 0 spiro atoms. The molecule has 41 heavy (non-hydrogen) atoms. The number of fused-ring (bicyclic) bond motifs is 3. The van der Waals surface area contributed by atoms with Gasteiger partial charge < -0.3 is 25.3 Å². The van der Waals surface area contributed by atoms with Crippen LogP contribution in [0.2, 0.25) is 0 Å². The van der Waals surface area contributed by atoms with Gasteiger partial charge in [0.25, 0.3) is 0 Å². The molecule has 6 rings (SSSR count). The van der Waals surface area contributed by atoms with Crippen molar-refractivity contribution in [3.05, 3.63) is 77.4 Å². The first-order valence-corrected chi connectivity index (χ1v) is 13.7. The number of nitrogens with two attached hydrogens (primary N) is 1. The number of pyridine rings is 1. The van der Waals surface area contributed by atoms with E-state index < -0.39 is 5.54 Å². The summed E-state index contributed by atoms with van der Waals surface area (Å²) in [4.78, 5) is 14.7. The fourth-order valence-corrected chi connectivity index (χ4v) is 5.34. The average molecular weight is 554 g/mol. The van der Waals surface area contributed by atoms with Gasteiger partial charge >= 0.3 is 0 Å². The van der Waals surface area contributed by atoms with Crippen LogP contribution in [0.3, 0.4) is 0 Å². The number of methoxy groups -OCH3 is 3. The van der Waals surface area contributed by atoms with Gasteiger partial charge in [0.05, 0.1) is 21.3 Å². The maximum Gasteiger partial charge on any atom is 0.226 e. The lowest BCUT2D eigenvalue weighted by atomic mass is 9.72. The first-order chi connectivity index (χ1) is 19.8. The zero-order chi connectivity index (χ0) is 28.7. The second kappa shape index (κ2) is 10.5. The standard InChI is InChI=1S/C31H35N7O3/c1-31(2,32)21-10-12-24(33-17-21)19-13-20(14-19)28-36-29-23-7-6-8-25(40-4)27(23)35-30(38(29)37-28)34-16-18-9-11-22(39-3)15-26(18)41-5/h6-12,15,17,19-20H,13-14,16,32H2,1-5H3,(H,34,35). The Morgan fingerprint density at radius 1 is 0.951 bits per heavy atom. The first-order valence-electron chi connectivity index (χ1n) is 13.7. The summed E-state index contributed by atoms with van der Waals surface area (Å²) in [5, 5.41) is 9.28. The highest BCUT2D eigenvalue weighted by molar-refractivity contribution is 5.96. The van der Waals surface area contributed by atoms with Crippen LogP contribution in [0.4, 0.5) is 5.95 Å². The van der Waals surface area contributed by atoms with Crippen molar-refractivity contribution < 1.29 is 14.2 Å². The molecule has 0 aliphatic heterocycles. The molecule has 1 aliphatic carbocycles. The van der Waals surface area contributed by atoms with Gasteiger partial charge in [0, 0.05) is 52.8 Å². The van der Waals surface area contributed by atoms with Crippen molar-refractivity contribution >= 4 is 22.5 Å². The number of hydrogen-bond donors (Lipinski definition) is 2. The number of hydrogen-bond acceptors (Lipinski definition) is 9. The van der Waals surface area contributed by atoms with Crippen molar-refractivity contribution in [1.82, 2.24) is 24.6 Å². The molecule has 1 fully saturated rings. The molecule has 2 aromatic carbocycles. The maximum atomic E-state index is 6.23. The molecule has 3 aromatic heterocycles. The van der Waals surface area contributed by atoms with E-state index in [1.165, 1.54) is 0 Å². The van der Waals surface area contributed by atoms with Crippen molar-refractivity contribution in [3.63, 3.8) is 0 Å². The molecule has 0 amide bonds. The molecule has 0 radical (unpaired) electrons. The zero-order valence-corrected chi connectivity index (χ0v) is 24.0. The number of ether oxygens (including phenoxy) is 3. The minimum absolute atomic E-state index is 0.238. The summed E-state index contributed by atoms with van der Waals surface area (Å²) in [5.41, 5.74) is 10.4. The smallest absolute Gasteiger partial charge is 0.226 e. The fraction of sp³-hybridized carbons (Fsp3) is 0.355. The van der Waals surface area contributed by atoms with E-state index in [-0.39, 0.29) is 5.92 Å². The van der Waals surface area contributed by atoms with Crippen LogP contribution in [0.5, 0.6) is 17.2 Å². The largest absolute Gasteiger partial charge is 0.497 e. The Morgan fingerprint density at radius 3 is 2.44 bits per heavy atom. The van der Waals surface area contributed by atoms with Gasteiger partial charge in [0.15, 0.2) is 11.5 Å². The normalized spacial score (nSPS) is 16.9. The summed E-state index contributed by atoms with van der Waals surface area (Å²) in [6.45, 7) is 4.45. The van der Waals surface area contributed by atoms with E-state index in [9.17, 15) is 0 Å². The number of nitrogens with zero attached hydrogens (tertiary/aromatic N) is 5. The van der Waals surface area contributed by atoms with Gasteiger partial charge in [0.1, 0.15) is 22.8 Å². The van der Waals surface area contributed by atoms with Gasteiger partial charge in [-0.05, 0) is 62.6 Å². The summed E-state index contributed by atoms with van der Waals surface area (Å²) in [5.74, 6) is 4.13. The van der Waals surface area contributed by atoms with Gasteiger partial charge in [0.2, 0.25) is 5.95 Å². The molecular formula is C31H35N7O3. The van der Waals surface area contributed by atoms with Crippen LogP contribution >= 0.6 is 0 Å². The van der Waals surface area contributed by atoms with E-state index in [1.54, 1.807) is 25.8 Å². The monoisotopic (exact) mass is 553 g/mol. The van der Waals surface area contributed by atoms with Crippen LogP contribution in [0, 0.1) is 0 Å². The third kappa shape index (κ3) is 4.99. The van der Waals surface area contributed by atoms with Crippen molar-refractivity contribution in [2.24, 2.45) is 5.73 Å². The van der Waals surface area contributed by atoms with E-state index in [2.05, 4.69) is 17.4 Å². The highest BCUT2D eigenvalue weighted by Gasteiger charge is 2.35. The Kier molecular flexibility index (Phi) is 6.86. The average Bonchev–Trinajstić information content (AvgIpc) is 3.40. The van der Waals surface area contributed by atoms with Gasteiger partial charge in [-0.3, -0.25) is 4.98 Å². The molecule has 10 heteroatoms. The van der Waals surface area contributed by atoms with Crippen LogP contribution in [-0.2, 0) is 12.1 Å². The molecule has 1 saturated carbocycles. The number of aromatic nitrogens is 5. The second-order valence-electron chi connectivity index (χ2n) is 11.1. The lowest BCUT2D eigenvalue weighted by Gasteiger charge is -2.33. The van der Waals surface area contributed by atoms with Gasteiger partial charge in [-0.1, -0.05) is 12.1 Å². The molecule has 5 aromatic rings. The van der Waals surface area contributed by atoms with Crippen LogP contribution < -0.4 is 25.3 Å². The number of nitrogens with one attached hydrogen (secondary N) is 1. The molecule has 10 nitrogen and oxygen atoms in total. The summed E-state index contributed by atoms with van der Waals surface area (Å²) in [7, 11) is 4.93.